The Hall–Kier alpha value is -0.900. The second-order valence-corrected chi connectivity index (χ2v) is 6.04. The predicted octanol–water partition coefficient (Wildman–Crippen LogP) is 3.87. The van der Waals surface area contributed by atoms with Crippen LogP contribution < -0.4 is 5.32 Å². The summed E-state index contributed by atoms with van der Waals surface area (Å²) in [6, 6.07) is 0. The monoisotopic (exact) mass is 294 g/mol. The van der Waals surface area contributed by atoms with Gasteiger partial charge >= 0.3 is 0 Å². The first-order valence-corrected chi connectivity index (χ1v) is 8.88. The van der Waals surface area contributed by atoms with E-state index in [9.17, 15) is 0 Å². The minimum atomic E-state index is 0.967. The van der Waals surface area contributed by atoms with Crippen LogP contribution in [0.4, 0.5) is 0 Å². The molecule has 0 bridgehead atoms. The van der Waals surface area contributed by atoms with Crippen LogP contribution in [0, 0.1) is 0 Å². The van der Waals surface area contributed by atoms with Gasteiger partial charge < -0.3 is 9.88 Å². The number of unbranched alkanes of at least 4 members (excludes halogenated alkanes) is 9. The van der Waals surface area contributed by atoms with Crippen LogP contribution in [0.15, 0.2) is 6.33 Å². The van der Waals surface area contributed by atoms with E-state index in [1.165, 1.54) is 64.2 Å². The third kappa shape index (κ3) is 9.62. The summed E-state index contributed by atoms with van der Waals surface area (Å²) in [5.74, 6) is 1.06. The standard InChI is InChI=1S/C17H34N4/c1-3-4-5-6-7-8-9-10-11-12-14-18-15-13-17-20-19-16-21(17)2/h16,18H,3-15H2,1-2H3. The Bertz CT molecular complexity index is 335. The van der Waals surface area contributed by atoms with Crippen LogP contribution in [0.5, 0.6) is 0 Å². The Kier molecular flexibility index (Phi) is 11.1. The number of aryl methyl sites for hydroxylation is 1. The van der Waals surface area contributed by atoms with Crippen molar-refractivity contribution < 1.29 is 0 Å². The fourth-order valence-electron chi connectivity index (χ4n) is 2.60. The molecule has 0 amide bonds. The lowest BCUT2D eigenvalue weighted by Crippen LogP contribution is -2.19. The molecule has 1 aromatic heterocycles. The van der Waals surface area contributed by atoms with Crippen molar-refractivity contribution in [1.29, 1.82) is 0 Å². The average molecular weight is 294 g/mol. The molecule has 4 heteroatoms. The molecule has 1 N–H and O–H groups in total. The van der Waals surface area contributed by atoms with Gasteiger partial charge in [0.2, 0.25) is 0 Å². The summed E-state index contributed by atoms with van der Waals surface area (Å²) in [7, 11) is 2.00. The quantitative estimate of drug-likeness (QED) is 0.530. The second-order valence-electron chi connectivity index (χ2n) is 6.04. The van der Waals surface area contributed by atoms with E-state index in [1.54, 1.807) is 6.33 Å². The van der Waals surface area contributed by atoms with Crippen molar-refractivity contribution in [3.05, 3.63) is 12.2 Å². The minimum absolute atomic E-state index is 0.967. The zero-order valence-corrected chi connectivity index (χ0v) is 14.1. The Morgan fingerprint density at radius 1 is 0.905 bits per heavy atom. The van der Waals surface area contributed by atoms with Crippen LogP contribution in [0.1, 0.15) is 77.0 Å². The summed E-state index contributed by atoms with van der Waals surface area (Å²) in [4.78, 5) is 0. The highest BCUT2D eigenvalue weighted by Gasteiger charge is 1.99. The van der Waals surface area contributed by atoms with Crippen molar-refractivity contribution in [1.82, 2.24) is 20.1 Å². The Balaban J connectivity index is 1.76. The van der Waals surface area contributed by atoms with Gasteiger partial charge in [-0.1, -0.05) is 64.7 Å². The third-order valence-electron chi connectivity index (χ3n) is 4.04. The molecule has 0 aliphatic rings. The van der Waals surface area contributed by atoms with Crippen molar-refractivity contribution in [2.45, 2.75) is 77.6 Å². The number of nitrogens with zero attached hydrogens (tertiary/aromatic N) is 3. The zero-order chi connectivity index (χ0) is 15.2. The van der Waals surface area contributed by atoms with Gasteiger partial charge in [-0.3, -0.25) is 0 Å². The fourth-order valence-corrected chi connectivity index (χ4v) is 2.60. The Morgan fingerprint density at radius 2 is 1.52 bits per heavy atom. The van der Waals surface area contributed by atoms with E-state index < -0.39 is 0 Å². The molecule has 1 heterocycles. The number of rotatable bonds is 14. The van der Waals surface area contributed by atoms with Gasteiger partial charge in [-0.2, -0.15) is 0 Å². The van der Waals surface area contributed by atoms with Crippen molar-refractivity contribution in [2.75, 3.05) is 13.1 Å². The van der Waals surface area contributed by atoms with Crippen molar-refractivity contribution >= 4 is 0 Å². The molecule has 0 atom stereocenters. The average Bonchev–Trinajstić information content (AvgIpc) is 2.89. The summed E-state index contributed by atoms with van der Waals surface area (Å²) < 4.78 is 1.99. The van der Waals surface area contributed by atoms with E-state index in [1.807, 2.05) is 11.6 Å². The van der Waals surface area contributed by atoms with Crippen LogP contribution in [-0.4, -0.2) is 27.9 Å². The normalized spacial score (nSPS) is 11.1. The fraction of sp³-hybridized carbons (Fsp3) is 0.882. The molecule has 4 nitrogen and oxygen atoms in total. The van der Waals surface area contributed by atoms with Gasteiger partial charge in [0.1, 0.15) is 12.2 Å². The zero-order valence-electron chi connectivity index (χ0n) is 14.1. The molecule has 0 aliphatic carbocycles. The van der Waals surface area contributed by atoms with Gasteiger partial charge in [0.25, 0.3) is 0 Å². The molecule has 0 saturated heterocycles. The molecule has 0 aliphatic heterocycles. The lowest BCUT2D eigenvalue weighted by Gasteiger charge is -2.05. The molecule has 0 spiro atoms. The summed E-state index contributed by atoms with van der Waals surface area (Å²) >= 11 is 0. The summed E-state index contributed by atoms with van der Waals surface area (Å²) in [5, 5.41) is 11.5. The maximum absolute atomic E-state index is 4.08. The van der Waals surface area contributed by atoms with Crippen LogP contribution in [0.2, 0.25) is 0 Å². The van der Waals surface area contributed by atoms with Gasteiger partial charge in [-0.15, -0.1) is 10.2 Å². The van der Waals surface area contributed by atoms with Crippen molar-refractivity contribution in [3.8, 4) is 0 Å². The van der Waals surface area contributed by atoms with Crippen LogP contribution in [0.25, 0.3) is 0 Å². The molecule has 0 aromatic carbocycles. The van der Waals surface area contributed by atoms with Gasteiger partial charge in [-0.25, -0.2) is 0 Å². The van der Waals surface area contributed by atoms with Crippen molar-refractivity contribution in [3.63, 3.8) is 0 Å². The highest BCUT2D eigenvalue weighted by molar-refractivity contribution is 4.84. The molecule has 1 aromatic rings. The summed E-state index contributed by atoms with van der Waals surface area (Å²) in [6.45, 7) is 4.42. The number of hydrogen-bond donors (Lipinski definition) is 1. The van der Waals surface area contributed by atoms with E-state index >= 15 is 0 Å². The van der Waals surface area contributed by atoms with Crippen molar-refractivity contribution in [2.24, 2.45) is 7.05 Å². The second kappa shape index (κ2) is 12.8. The molecule has 122 valence electrons. The van der Waals surface area contributed by atoms with Crippen LogP contribution in [-0.2, 0) is 13.5 Å². The van der Waals surface area contributed by atoms with E-state index in [-0.39, 0.29) is 0 Å². The summed E-state index contributed by atoms with van der Waals surface area (Å²) in [6.07, 6.45) is 16.7. The molecule has 1 rings (SSSR count). The largest absolute Gasteiger partial charge is 0.321 e. The van der Waals surface area contributed by atoms with Crippen LogP contribution >= 0.6 is 0 Å². The molecule has 0 saturated carbocycles. The molecular weight excluding hydrogens is 260 g/mol. The number of aromatic nitrogens is 3. The Labute approximate surface area is 130 Å². The highest BCUT2D eigenvalue weighted by atomic mass is 15.2. The Morgan fingerprint density at radius 3 is 2.10 bits per heavy atom. The number of nitrogens with one attached hydrogen (secondary N) is 1. The van der Waals surface area contributed by atoms with Gasteiger partial charge in [-0.05, 0) is 13.0 Å². The van der Waals surface area contributed by atoms with E-state index in [0.29, 0.717) is 0 Å². The smallest absolute Gasteiger partial charge is 0.133 e. The maximum Gasteiger partial charge on any atom is 0.133 e. The third-order valence-corrected chi connectivity index (χ3v) is 4.04. The van der Waals surface area contributed by atoms with Gasteiger partial charge in [0.15, 0.2) is 0 Å². The predicted molar refractivity (Wildman–Crippen MR) is 89.4 cm³/mol. The topological polar surface area (TPSA) is 42.7 Å². The first kappa shape index (κ1) is 18.1. The van der Waals surface area contributed by atoms with E-state index in [2.05, 4.69) is 22.4 Å². The summed E-state index contributed by atoms with van der Waals surface area (Å²) in [5.41, 5.74) is 0. The van der Waals surface area contributed by atoms with E-state index in [4.69, 9.17) is 0 Å². The molecule has 0 unspecified atom stereocenters. The SMILES string of the molecule is CCCCCCCCCCCCNCCc1nncn1C. The molecular formula is C17H34N4. The lowest BCUT2D eigenvalue weighted by molar-refractivity contribution is 0.542. The lowest BCUT2D eigenvalue weighted by atomic mass is 10.1. The highest BCUT2D eigenvalue weighted by Crippen LogP contribution is 2.10. The first-order valence-electron chi connectivity index (χ1n) is 8.88. The minimum Gasteiger partial charge on any atom is -0.321 e. The van der Waals surface area contributed by atoms with Gasteiger partial charge in [0, 0.05) is 20.0 Å². The molecule has 0 radical (unpaired) electrons. The molecule has 0 fully saturated rings. The van der Waals surface area contributed by atoms with Crippen LogP contribution in [0.3, 0.4) is 0 Å². The molecule has 21 heavy (non-hydrogen) atoms. The number of hydrogen-bond acceptors (Lipinski definition) is 3. The van der Waals surface area contributed by atoms with Gasteiger partial charge in [0.05, 0.1) is 0 Å². The first-order chi connectivity index (χ1) is 10.3. The van der Waals surface area contributed by atoms with E-state index in [0.717, 1.165) is 25.3 Å². The maximum atomic E-state index is 4.08.